The molecule has 0 atom stereocenters. The van der Waals surface area contributed by atoms with Crippen molar-refractivity contribution in [3.63, 3.8) is 0 Å². The van der Waals surface area contributed by atoms with Gasteiger partial charge in [-0.15, -0.1) is 0 Å². The Balaban J connectivity index is 2.05. The van der Waals surface area contributed by atoms with E-state index >= 15 is 0 Å². The molecule has 27 heavy (non-hydrogen) atoms. The predicted octanol–water partition coefficient (Wildman–Crippen LogP) is 4.80. The lowest BCUT2D eigenvalue weighted by molar-refractivity contribution is 0.402. The molecule has 0 aliphatic rings. The number of nitrogens with one attached hydrogen (secondary N) is 1. The number of ether oxygens (including phenoxy) is 1. The van der Waals surface area contributed by atoms with Gasteiger partial charge in [0.15, 0.2) is 0 Å². The molecule has 140 valence electrons. The van der Waals surface area contributed by atoms with E-state index in [9.17, 15) is 9.18 Å². The Kier molecular flexibility index (Phi) is 5.68. The van der Waals surface area contributed by atoms with E-state index in [2.05, 4.69) is 10.3 Å². The molecule has 3 rings (SSSR count). The Bertz CT molecular complexity index is 1030. The van der Waals surface area contributed by atoms with Crippen molar-refractivity contribution in [3.05, 3.63) is 79.9 Å². The average Bonchev–Trinajstić information content (AvgIpc) is 2.60. The highest BCUT2D eigenvalue weighted by atomic mass is 35.5. The van der Waals surface area contributed by atoms with Gasteiger partial charge in [-0.05, 0) is 42.3 Å². The standard InChI is InChI=1S/C19H16Cl2FN3O2/c1-11-4-3-5-15(17(11)21)23-19-24-18(26)16(27-2)10-25(19)9-12-6-13(20)8-14(22)7-12/h3-8,10H,9H2,1-2H3,(H,23,24,26). The molecule has 0 spiro atoms. The van der Waals surface area contributed by atoms with Crippen LogP contribution in [0.25, 0.3) is 0 Å². The van der Waals surface area contributed by atoms with Crippen LogP contribution in [0, 0.1) is 12.7 Å². The van der Waals surface area contributed by atoms with Gasteiger partial charge in [0.1, 0.15) is 5.82 Å². The zero-order chi connectivity index (χ0) is 19.6. The lowest BCUT2D eigenvalue weighted by Crippen LogP contribution is -2.19. The summed E-state index contributed by atoms with van der Waals surface area (Å²) >= 11 is 12.3. The van der Waals surface area contributed by atoms with Crippen molar-refractivity contribution < 1.29 is 9.13 Å². The Labute approximate surface area is 165 Å². The summed E-state index contributed by atoms with van der Waals surface area (Å²) in [5.41, 5.74) is 1.55. The van der Waals surface area contributed by atoms with E-state index in [0.29, 0.717) is 16.3 Å². The third kappa shape index (κ3) is 4.40. The summed E-state index contributed by atoms with van der Waals surface area (Å²) in [6.45, 7) is 2.09. The van der Waals surface area contributed by atoms with Gasteiger partial charge in [-0.1, -0.05) is 35.3 Å². The SMILES string of the molecule is COc1cn(Cc2cc(F)cc(Cl)c2)c(Nc2cccc(C)c2Cl)nc1=O. The number of rotatable bonds is 5. The molecule has 0 radical (unpaired) electrons. The fourth-order valence-corrected chi connectivity index (χ4v) is 3.01. The molecule has 0 bridgehead atoms. The van der Waals surface area contributed by atoms with Crippen LogP contribution in [-0.4, -0.2) is 16.7 Å². The monoisotopic (exact) mass is 407 g/mol. The molecule has 0 amide bonds. The molecule has 0 saturated carbocycles. The Morgan fingerprint density at radius 2 is 2.04 bits per heavy atom. The average molecular weight is 408 g/mol. The zero-order valence-corrected chi connectivity index (χ0v) is 16.1. The zero-order valence-electron chi connectivity index (χ0n) is 14.6. The number of aromatic nitrogens is 2. The van der Waals surface area contributed by atoms with Gasteiger partial charge >= 0.3 is 5.56 Å². The molecular weight excluding hydrogens is 392 g/mol. The van der Waals surface area contributed by atoms with E-state index < -0.39 is 11.4 Å². The van der Waals surface area contributed by atoms with E-state index in [1.807, 2.05) is 19.1 Å². The first-order valence-electron chi connectivity index (χ1n) is 8.00. The van der Waals surface area contributed by atoms with Crippen molar-refractivity contribution in [1.82, 2.24) is 9.55 Å². The van der Waals surface area contributed by atoms with Crippen molar-refractivity contribution in [2.75, 3.05) is 12.4 Å². The molecule has 0 aliphatic carbocycles. The highest BCUT2D eigenvalue weighted by Crippen LogP contribution is 2.28. The van der Waals surface area contributed by atoms with Gasteiger partial charge in [-0.3, -0.25) is 4.79 Å². The maximum absolute atomic E-state index is 13.7. The summed E-state index contributed by atoms with van der Waals surface area (Å²) in [4.78, 5) is 16.2. The Hall–Kier alpha value is -2.57. The van der Waals surface area contributed by atoms with Gasteiger partial charge in [0, 0.05) is 5.02 Å². The first-order chi connectivity index (χ1) is 12.9. The largest absolute Gasteiger partial charge is 0.490 e. The second-order valence-electron chi connectivity index (χ2n) is 5.91. The molecule has 0 saturated heterocycles. The minimum Gasteiger partial charge on any atom is -0.490 e. The molecular formula is C19H16Cl2FN3O2. The smallest absolute Gasteiger partial charge is 0.316 e. The molecule has 2 aromatic carbocycles. The third-order valence-electron chi connectivity index (χ3n) is 3.90. The molecule has 1 aromatic heterocycles. The summed E-state index contributed by atoms with van der Waals surface area (Å²) < 4.78 is 20.4. The van der Waals surface area contributed by atoms with E-state index in [1.54, 1.807) is 16.7 Å². The van der Waals surface area contributed by atoms with Gasteiger partial charge < -0.3 is 14.6 Å². The third-order valence-corrected chi connectivity index (χ3v) is 4.62. The van der Waals surface area contributed by atoms with Crippen molar-refractivity contribution in [2.45, 2.75) is 13.5 Å². The minimum atomic E-state index is -0.530. The fraction of sp³-hybridized carbons (Fsp3) is 0.158. The summed E-state index contributed by atoms with van der Waals surface area (Å²) in [6.07, 6.45) is 1.50. The first-order valence-corrected chi connectivity index (χ1v) is 8.75. The topological polar surface area (TPSA) is 56.1 Å². The van der Waals surface area contributed by atoms with Gasteiger partial charge in [0.05, 0.1) is 30.6 Å². The summed E-state index contributed by atoms with van der Waals surface area (Å²) in [5.74, 6) is -0.137. The van der Waals surface area contributed by atoms with Crippen LogP contribution in [0.15, 0.2) is 47.4 Å². The quantitative estimate of drug-likeness (QED) is 0.659. The molecule has 1 N–H and O–H groups in total. The molecule has 0 fully saturated rings. The highest BCUT2D eigenvalue weighted by Gasteiger charge is 2.12. The number of anilines is 2. The molecule has 0 aliphatic heterocycles. The number of benzene rings is 2. The highest BCUT2D eigenvalue weighted by molar-refractivity contribution is 6.34. The Morgan fingerprint density at radius 3 is 2.74 bits per heavy atom. The van der Waals surface area contributed by atoms with Crippen LogP contribution in [-0.2, 0) is 6.54 Å². The normalized spacial score (nSPS) is 10.7. The lowest BCUT2D eigenvalue weighted by atomic mass is 10.2. The molecule has 8 heteroatoms. The van der Waals surface area contributed by atoms with Crippen LogP contribution in [0.2, 0.25) is 10.0 Å². The van der Waals surface area contributed by atoms with Crippen LogP contribution >= 0.6 is 23.2 Å². The number of halogens is 3. The number of nitrogens with zero attached hydrogens (tertiary/aromatic N) is 2. The number of hydrogen-bond donors (Lipinski definition) is 1. The van der Waals surface area contributed by atoms with Crippen LogP contribution in [0.1, 0.15) is 11.1 Å². The van der Waals surface area contributed by atoms with Gasteiger partial charge in [0.2, 0.25) is 11.7 Å². The van der Waals surface area contributed by atoms with Crippen LogP contribution < -0.4 is 15.6 Å². The van der Waals surface area contributed by atoms with Crippen LogP contribution in [0.5, 0.6) is 5.75 Å². The predicted molar refractivity (Wildman–Crippen MR) is 105 cm³/mol. The van der Waals surface area contributed by atoms with Gasteiger partial charge in [-0.25, -0.2) is 4.39 Å². The second kappa shape index (κ2) is 7.98. The second-order valence-corrected chi connectivity index (χ2v) is 6.72. The van der Waals surface area contributed by atoms with E-state index in [1.165, 1.54) is 25.4 Å². The van der Waals surface area contributed by atoms with E-state index in [-0.39, 0.29) is 23.3 Å². The van der Waals surface area contributed by atoms with Gasteiger partial charge in [0.25, 0.3) is 0 Å². The maximum atomic E-state index is 13.7. The number of methoxy groups -OCH3 is 1. The van der Waals surface area contributed by atoms with Crippen molar-refractivity contribution >= 4 is 34.8 Å². The van der Waals surface area contributed by atoms with Crippen LogP contribution in [0.3, 0.4) is 0 Å². The van der Waals surface area contributed by atoms with E-state index in [0.717, 1.165) is 5.56 Å². The molecule has 3 aromatic rings. The summed E-state index contributed by atoms with van der Waals surface area (Å²) in [5, 5.41) is 3.86. The van der Waals surface area contributed by atoms with Crippen molar-refractivity contribution in [3.8, 4) is 5.75 Å². The first kappa shape index (κ1) is 19.2. The molecule has 5 nitrogen and oxygen atoms in total. The van der Waals surface area contributed by atoms with Gasteiger partial charge in [-0.2, -0.15) is 4.98 Å². The van der Waals surface area contributed by atoms with Crippen molar-refractivity contribution in [2.24, 2.45) is 0 Å². The van der Waals surface area contributed by atoms with Crippen molar-refractivity contribution in [1.29, 1.82) is 0 Å². The maximum Gasteiger partial charge on any atom is 0.316 e. The number of hydrogen-bond acceptors (Lipinski definition) is 4. The molecule has 0 unspecified atom stereocenters. The lowest BCUT2D eigenvalue weighted by Gasteiger charge is -2.16. The van der Waals surface area contributed by atoms with E-state index in [4.69, 9.17) is 27.9 Å². The summed E-state index contributed by atoms with van der Waals surface area (Å²) in [7, 11) is 1.38. The Morgan fingerprint density at radius 1 is 1.26 bits per heavy atom. The molecule has 1 heterocycles. The summed E-state index contributed by atoms with van der Waals surface area (Å²) in [6, 6.07) is 9.70. The number of aryl methyl sites for hydroxylation is 1. The fourth-order valence-electron chi connectivity index (χ4n) is 2.60. The minimum absolute atomic E-state index is 0.0680. The van der Waals surface area contributed by atoms with Crippen LogP contribution in [0.4, 0.5) is 16.0 Å².